The quantitative estimate of drug-likeness (QED) is 0.874. The van der Waals surface area contributed by atoms with Crippen LogP contribution in [0.25, 0.3) is 0 Å². The molecule has 1 fully saturated rings. The van der Waals surface area contributed by atoms with Crippen LogP contribution >= 0.6 is 0 Å². The van der Waals surface area contributed by atoms with Crippen molar-refractivity contribution in [3.05, 3.63) is 59.7 Å². The van der Waals surface area contributed by atoms with E-state index in [2.05, 4.69) is 16.0 Å². The van der Waals surface area contributed by atoms with Gasteiger partial charge in [0.15, 0.2) is 0 Å². The molecule has 0 amide bonds. The fraction of sp³-hybridized carbons (Fsp3) is 0.286. The SMILES string of the molecule is OC(c1cncnc1)c1ccccc1C1CC1. The number of benzene rings is 1. The van der Waals surface area contributed by atoms with E-state index < -0.39 is 6.10 Å². The number of rotatable bonds is 3. The molecule has 1 heterocycles. The standard InChI is InChI=1S/C14H14N2O/c17-14(11-7-15-9-16-8-11)13-4-2-1-3-12(13)10-5-6-10/h1-4,7-10,14,17H,5-6H2. The van der Waals surface area contributed by atoms with Crippen LogP contribution < -0.4 is 0 Å². The van der Waals surface area contributed by atoms with E-state index in [1.54, 1.807) is 12.4 Å². The molecule has 3 nitrogen and oxygen atoms in total. The minimum atomic E-state index is -0.618. The van der Waals surface area contributed by atoms with Crippen LogP contribution in [0.3, 0.4) is 0 Å². The molecule has 1 aliphatic carbocycles. The molecule has 0 spiro atoms. The summed E-state index contributed by atoms with van der Waals surface area (Å²) in [6.07, 6.45) is 6.66. The van der Waals surface area contributed by atoms with Gasteiger partial charge in [0.25, 0.3) is 0 Å². The van der Waals surface area contributed by atoms with Crippen molar-refractivity contribution in [2.24, 2.45) is 0 Å². The molecule has 3 rings (SSSR count). The topological polar surface area (TPSA) is 46.0 Å². The number of nitrogens with zero attached hydrogens (tertiary/aromatic N) is 2. The van der Waals surface area contributed by atoms with Gasteiger partial charge in [-0.15, -0.1) is 0 Å². The molecule has 3 heteroatoms. The normalized spacial score (nSPS) is 16.8. The molecule has 1 aliphatic rings. The molecule has 17 heavy (non-hydrogen) atoms. The van der Waals surface area contributed by atoms with Gasteiger partial charge in [0.2, 0.25) is 0 Å². The first-order valence-electron chi connectivity index (χ1n) is 5.88. The Morgan fingerprint density at radius 1 is 1.12 bits per heavy atom. The van der Waals surface area contributed by atoms with Crippen LogP contribution in [0.4, 0.5) is 0 Å². The van der Waals surface area contributed by atoms with Gasteiger partial charge in [-0.3, -0.25) is 0 Å². The molecule has 0 aliphatic heterocycles. The molecule has 86 valence electrons. The zero-order valence-electron chi connectivity index (χ0n) is 9.45. The lowest BCUT2D eigenvalue weighted by Gasteiger charge is -2.14. The largest absolute Gasteiger partial charge is 0.384 e. The summed E-state index contributed by atoms with van der Waals surface area (Å²) in [4.78, 5) is 7.90. The van der Waals surface area contributed by atoms with Gasteiger partial charge in [-0.05, 0) is 29.9 Å². The first-order chi connectivity index (χ1) is 8.36. The summed E-state index contributed by atoms with van der Waals surface area (Å²) < 4.78 is 0. The Bertz CT molecular complexity index is 509. The maximum absolute atomic E-state index is 10.4. The van der Waals surface area contributed by atoms with E-state index in [-0.39, 0.29) is 0 Å². The minimum absolute atomic E-state index is 0.618. The van der Waals surface area contributed by atoms with E-state index in [4.69, 9.17) is 0 Å². The predicted molar refractivity (Wildman–Crippen MR) is 64.5 cm³/mol. The smallest absolute Gasteiger partial charge is 0.115 e. The van der Waals surface area contributed by atoms with Crippen molar-refractivity contribution in [1.29, 1.82) is 0 Å². The molecule has 1 N–H and O–H groups in total. The number of hydrogen-bond donors (Lipinski definition) is 1. The lowest BCUT2D eigenvalue weighted by molar-refractivity contribution is 0.218. The second-order valence-corrected chi connectivity index (χ2v) is 4.48. The van der Waals surface area contributed by atoms with E-state index in [0.717, 1.165) is 11.1 Å². The van der Waals surface area contributed by atoms with Crippen LogP contribution in [-0.2, 0) is 0 Å². The number of aromatic nitrogens is 2. The second-order valence-electron chi connectivity index (χ2n) is 4.48. The average molecular weight is 226 g/mol. The molecule has 1 aromatic carbocycles. The zero-order chi connectivity index (χ0) is 11.7. The van der Waals surface area contributed by atoms with Gasteiger partial charge in [0, 0.05) is 18.0 Å². The van der Waals surface area contributed by atoms with E-state index in [9.17, 15) is 5.11 Å². The Morgan fingerprint density at radius 2 is 1.82 bits per heavy atom. The van der Waals surface area contributed by atoms with Gasteiger partial charge in [0.05, 0.1) is 0 Å². The monoisotopic (exact) mass is 226 g/mol. The van der Waals surface area contributed by atoms with Crippen LogP contribution in [0.5, 0.6) is 0 Å². The molecule has 0 bridgehead atoms. The average Bonchev–Trinajstić information content (AvgIpc) is 3.23. The van der Waals surface area contributed by atoms with Gasteiger partial charge in [-0.2, -0.15) is 0 Å². The summed E-state index contributed by atoms with van der Waals surface area (Å²) in [5.41, 5.74) is 3.01. The maximum Gasteiger partial charge on any atom is 0.115 e. The van der Waals surface area contributed by atoms with Crippen molar-refractivity contribution in [2.75, 3.05) is 0 Å². The molecule has 1 atom stereocenters. The summed E-state index contributed by atoms with van der Waals surface area (Å²) in [5.74, 6) is 0.630. The third-order valence-corrected chi connectivity index (χ3v) is 3.20. The number of aliphatic hydroxyl groups excluding tert-OH is 1. The summed E-state index contributed by atoms with van der Waals surface area (Å²) in [7, 11) is 0. The fourth-order valence-electron chi connectivity index (χ4n) is 2.16. The van der Waals surface area contributed by atoms with Gasteiger partial charge in [-0.25, -0.2) is 9.97 Å². The van der Waals surface area contributed by atoms with Crippen LogP contribution in [0.15, 0.2) is 43.0 Å². The van der Waals surface area contributed by atoms with Gasteiger partial charge >= 0.3 is 0 Å². The summed E-state index contributed by atoms with van der Waals surface area (Å²) in [6.45, 7) is 0. The van der Waals surface area contributed by atoms with Crippen molar-refractivity contribution in [2.45, 2.75) is 24.9 Å². The van der Waals surface area contributed by atoms with Crippen LogP contribution in [-0.4, -0.2) is 15.1 Å². The Hall–Kier alpha value is -1.74. The Morgan fingerprint density at radius 3 is 2.53 bits per heavy atom. The summed E-state index contributed by atoms with van der Waals surface area (Å²) >= 11 is 0. The molecular formula is C14H14N2O. The molecule has 1 aromatic heterocycles. The maximum atomic E-state index is 10.4. The highest BCUT2D eigenvalue weighted by molar-refractivity contribution is 5.38. The van der Waals surface area contributed by atoms with E-state index in [1.807, 2.05) is 18.2 Å². The van der Waals surface area contributed by atoms with Crippen LogP contribution in [0.1, 0.15) is 41.6 Å². The van der Waals surface area contributed by atoms with Crippen molar-refractivity contribution in [1.82, 2.24) is 9.97 Å². The highest BCUT2D eigenvalue weighted by Gasteiger charge is 2.28. The Labute approximate surface area is 100 Å². The van der Waals surface area contributed by atoms with E-state index >= 15 is 0 Å². The predicted octanol–water partition coefficient (Wildman–Crippen LogP) is 2.44. The third kappa shape index (κ3) is 2.06. The van der Waals surface area contributed by atoms with Crippen molar-refractivity contribution in [3.8, 4) is 0 Å². The lowest BCUT2D eigenvalue weighted by Crippen LogP contribution is -2.04. The van der Waals surface area contributed by atoms with Crippen molar-refractivity contribution < 1.29 is 5.11 Å². The zero-order valence-corrected chi connectivity index (χ0v) is 9.45. The van der Waals surface area contributed by atoms with Crippen LogP contribution in [0.2, 0.25) is 0 Å². The van der Waals surface area contributed by atoms with Gasteiger partial charge < -0.3 is 5.11 Å². The third-order valence-electron chi connectivity index (χ3n) is 3.20. The molecular weight excluding hydrogens is 212 g/mol. The van der Waals surface area contributed by atoms with Crippen molar-refractivity contribution in [3.63, 3.8) is 0 Å². The fourth-order valence-corrected chi connectivity index (χ4v) is 2.16. The molecule has 0 saturated heterocycles. The Kier molecular flexibility index (Phi) is 2.61. The van der Waals surface area contributed by atoms with E-state index in [1.165, 1.54) is 24.7 Å². The summed E-state index contributed by atoms with van der Waals surface area (Å²) in [5, 5.41) is 10.4. The second kappa shape index (κ2) is 4.26. The highest BCUT2D eigenvalue weighted by atomic mass is 16.3. The van der Waals surface area contributed by atoms with Gasteiger partial charge in [-0.1, -0.05) is 24.3 Å². The molecule has 0 radical (unpaired) electrons. The number of aliphatic hydroxyl groups is 1. The summed E-state index contributed by atoms with van der Waals surface area (Å²) in [6, 6.07) is 8.10. The minimum Gasteiger partial charge on any atom is -0.384 e. The molecule has 2 aromatic rings. The van der Waals surface area contributed by atoms with Crippen molar-refractivity contribution >= 4 is 0 Å². The van der Waals surface area contributed by atoms with Crippen LogP contribution in [0, 0.1) is 0 Å². The first kappa shape index (κ1) is 10.4. The first-order valence-corrected chi connectivity index (χ1v) is 5.88. The highest BCUT2D eigenvalue weighted by Crippen LogP contribution is 2.43. The van der Waals surface area contributed by atoms with Gasteiger partial charge in [0.1, 0.15) is 12.4 Å². The molecule has 1 saturated carbocycles. The van der Waals surface area contributed by atoms with E-state index in [0.29, 0.717) is 5.92 Å². The molecule has 1 unspecified atom stereocenters. The lowest BCUT2D eigenvalue weighted by atomic mass is 9.96. The Balaban J connectivity index is 1.98. The number of hydrogen-bond acceptors (Lipinski definition) is 3.